The number of benzene rings is 1. The van der Waals surface area contributed by atoms with Crippen LogP contribution in [-0.4, -0.2) is 11.9 Å². The summed E-state index contributed by atoms with van der Waals surface area (Å²) in [6.45, 7) is 0.865. The topological polar surface area (TPSA) is 59.7 Å². The third-order valence-corrected chi connectivity index (χ3v) is 2.55. The van der Waals surface area contributed by atoms with Gasteiger partial charge < -0.3 is 11.1 Å². The Hall–Kier alpha value is -1.35. The van der Waals surface area contributed by atoms with Crippen LogP contribution in [0.25, 0.3) is 0 Å². The number of amides is 1. The van der Waals surface area contributed by atoms with Crippen LogP contribution in [0.4, 0.5) is 0 Å². The van der Waals surface area contributed by atoms with Crippen molar-refractivity contribution in [2.45, 2.75) is 19.0 Å². The van der Waals surface area contributed by atoms with Crippen LogP contribution in [0.15, 0.2) is 24.3 Å². The van der Waals surface area contributed by atoms with Gasteiger partial charge in [0.1, 0.15) is 6.54 Å². The molecule has 1 atom stereocenters. The predicted molar refractivity (Wildman–Crippen MR) is 48.8 cm³/mol. The van der Waals surface area contributed by atoms with Crippen LogP contribution >= 0.6 is 0 Å². The van der Waals surface area contributed by atoms with E-state index in [1.54, 1.807) is 0 Å². The average Bonchev–Trinajstić information content (AvgIpc) is 2.17. The van der Waals surface area contributed by atoms with Crippen molar-refractivity contribution < 1.29 is 10.1 Å². The Bertz CT molecular complexity index is 335. The van der Waals surface area contributed by atoms with Crippen molar-refractivity contribution in [1.82, 2.24) is 0 Å². The molecule has 0 bridgehead atoms. The standard InChI is InChI=1S/C10H12N2O/c11-10(13)9-5-7-3-1-2-4-8(7)6-12-9/h1-4,9,12H,5-6H2,(H2,11,13)/p+1. The molecule has 1 aromatic rings. The number of hydrogen-bond donors (Lipinski definition) is 2. The molecular weight excluding hydrogens is 164 g/mol. The highest BCUT2D eigenvalue weighted by molar-refractivity contribution is 5.78. The number of rotatable bonds is 1. The van der Waals surface area contributed by atoms with Gasteiger partial charge in [-0.15, -0.1) is 0 Å². The van der Waals surface area contributed by atoms with Crippen LogP contribution in [0.2, 0.25) is 0 Å². The van der Waals surface area contributed by atoms with Crippen molar-refractivity contribution in [1.29, 1.82) is 0 Å². The van der Waals surface area contributed by atoms with Gasteiger partial charge in [-0.1, -0.05) is 24.3 Å². The van der Waals surface area contributed by atoms with Gasteiger partial charge in [0, 0.05) is 12.0 Å². The summed E-state index contributed by atoms with van der Waals surface area (Å²) in [5.41, 5.74) is 7.83. The first-order valence-electron chi connectivity index (χ1n) is 4.47. The van der Waals surface area contributed by atoms with Gasteiger partial charge in [0.25, 0.3) is 5.91 Å². The summed E-state index contributed by atoms with van der Waals surface area (Å²) >= 11 is 0. The van der Waals surface area contributed by atoms with Gasteiger partial charge in [0.15, 0.2) is 6.04 Å². The summed E-state index contributed by atoms with van der Waals surface area (Å²) in [5.74, 6) is -0.213. The third kappa shape index (κ3) is 1.55. The maximum Gasteiger partial charge on any atom is 0.276 e. The largest absolute Gasteiger partial charge is 0.365 e. The Balaban J connectivity index is 2.24. The lowest BCUT2D eigenvalue weighted by Gasteiger charge is -2.20. The zero-order chi connectivity index (χ0) is 9.26. The Morgan fingerprint density at radius 1 is 1.38 bits per heavy atom. The van der Waals surface area contributed by atoms with Crippen LogP contribution in [-0.2, 0) is 17.8 Å². The number of carbonyl (C=O) groups is 1. The van der Waals surface area contributed by atoms with E-state index in [1.165, 1.54) is 11.1 Å². The molecule has 0 aliphatic carbocycles. The fraction of sp³-hybridized carbons (Fsp3) is 0.300. The number of carbonyl (C=O) groups excluding carboxylic acids is 1. The van der Waals surface area contributed by atoms with Crippen molar-refractivity contribution in [3.05, 3.63) is 35.4 Å². The fourth-order valence-corrected chi connectivity index (χ4v) is 1.76. The normalized spacial score (nSPS) is 20.8. The molecule has 3 nitrogen and oxygen atoms in total. The molecule has 1 heterocycles. The first-order valence-corrected chi connectivity index (χ1v) is 4.47. The number of hydrogen-bond acceptors (Lipinski definition) is 1. The molecule has 1 aliphatic heterocycles. The molecule has 0 radical (unpaired) electrons. The second-order valence-corrected chi connectivity index (χ2v) is 3.42. The van der Waals surface area contributed by atoms with E-state index in [1.807, 2.05) is 17.4 Å². The maximum absolute atomic E-state index is 11.0. The molecule has 0 aromatic heterocycles. The van der Waals surface area contributed by atoms with E-state index in [0.717, 1.165) is 13.0 Å². The van der Waals surface area contributed by atoms with Gasteiger partial charge in [-0.05, 0) is 5.56 Å². The fourth-order valence-electron chi connectivity index (χ4n) is 1.76. The zero-order valence-corrected chi connectivity index (χ0v) is 7.36. The molecule has 3 heteroatoms. The quantitative estimate of drug-likeness (QED) is 0.577. The van der Waals surface area contributed by atoms with E-state index < -0.39 is 0 Å². The first kappa shape index (κ1) is 8.26. The summed E-state index contributed by atoms with van der Waals surface area (Å²) in [7, 11) is 0. The summed E-state index contributed by atoms with van der Waals surface area (Å²) in [6.07, 6.45) is 0.769. The number of nitrogens with two attached hydrogens (primary N) is 2. The smallest absolute Gasteiger partial charge is 0.276 e. The van der Waals surface area contributed by atoms with Gasteiger partial charge in [0.05, 0.1) is 0 Å². The summed E-state index contributed by atoms with van der Waals surface area (Å²) in [6, 6.07) is 8.12. The Morgan fingerprint density at radius 2 is 2.08 bits per heavy atom. The molecule has 0 fully saturated rings. The second-order valence-electron chi connectivity index (χ2n) is 3.42. The lowest BCUT2D eigenvalue weighted by Crippen LogP contribution is -2.93. The zero-order valence-electron chi connectivity index (χ0n) is 7.36. The number of primary amides is 1. The highest BCUT2D eigenvalue weighted by atomic mass is 16.1. The SMILES string of the molecule is NC(=O)C1Cc2ccccc2C[NH2+]1. The Morgan fingerprint density at radius 3 is 2.77 bits per heavy atom. The van der Waals surface area contributed by atoms with E-state index in [2.05, 4.69) is 12.1 Å². The van der Waals surface area contributed by atoms with E-state index in [0.29, 0.717) is 0 Å². The van der Waals surface area contributed by atoms with E-state index in [-0.39, 0.29) is 11.9 Å². The van der Waals surface area contributed by atoms with Gasteiger partial charge in [-0.3, -0.25) is 4.79 Å². The van der Waals surface area contributed by atoms with Crippen molar-refractivity contribution in [2.24, 2.45) is 5.73 Å². The van der Waals surface area contributed by atoms with E-state index in [9.17, 15) is 4.79 Å². The van der Waals surface area contributed by atoms with Gasteiger partial charge in [-0.25, -0.2) is 0 Å². The summed E-state index contributed by atoms with van der Waals surface area (Å²) in [5, 5.41) is 2.00. The molecule has 68 valence electrons. The molecule has 1 amide bonds. The average molecular weight is 177 g/mol. The molecule has 0 saturated carbocycles. The molecule has 1 unspecified atom stereocenters. The minimum atomic E-state index is -0.213. The number of quaternary nitrogens is 1. The van der Waals surface area contributed by atoms with Crippen molar-refractivity contribution in [3.63, 3.8) is 0 Å². The van der Waals surface area contributed by atoms with Crippen LogP contribution in [0.3, 0.4) is 0 Å². The number of fused-ring (bicyclic) bond motifs is 1. The minimum absolute atomic E-state index is 0.0742. The van der Waals surface area contributed by atoms with E-state index >= 15 is 0 Å². The Kier molecular flexibility index (Phi) is 2.02. The van der Waals surface area contributed by atoms with Gasteiger partial charge in [-0.2, -0.15) is 0 Å². The molecule has 4 N–H and O–H groups in total. The highest BCUT2D eigenvalue weighted by Crippen LogP contribution is 2.11. The molecular formula is C10H13N2O+. The molecule has 1 aliphatic rings. The van der Waals surface area contributed by atoms with Crippen LogP contribution in [0, 0.1) is 0 Å². The van der Waals surface area contributed by atoms with Gasteiger partial charge in [0.2, 0.25) is 0 Å². The molecule has 0 spiro atoms. The lowest BCUT2D eigenvalue weighted by molar-refractivity contribution is -0.695. The first-order chi connectivity index (χ1) is 6.27. The third-order valence-electron chi connectivity index (χ3n) is 2.55. The molecule has 0 saturated heterocycles. The maximum atomic E-state index is 11.0. The molecule has 13 heavy (non-hydrogen) atoms. The Labute approximate surface area is 76.9 Å². The van der Waals surface area contributed by atoms with Crippen molar-refractivity contribution >= 4 is 5.91 Å². The summed E-state index contributed by atoms with van der Waals surface area (Å²) < 4.78 is 0. The lowest BCUT2D eigenvalue weighted by atomic mass is 9.96. The predicted octanol–water partition coefficient (Wildman–Crippen LogP) is -0.840. The summed E-state index contributed by atoms with van der Waals surface area (Å²) in [4.78, 5) is 11.0. The second kappa shape index (κ2) is 3.18. The minimum Gasteiger partial charge on any atom is -0.365 e. The van der Waals surface area contributed by atoms with Crippen LogP contribution in [0.1, 0.15) is 11.1 Å². The highest BCUT2D eigenvalue weighted by Gasteiger charge is 2.24. The van der Waals surface area contributed by atoms with E-state index in [4.69, 9.17) is 5.73 Å². The monoisotopic (exact) mass is 177 g/mol. The van der Waals surface area contributed by atoms with Crippen LogP contribution < -0.4 is 11.1 Å². The van der Waals surface area contributed by atoms with Crippen molar-refractivity contribution in [2.75, 3.05) is 0 Å². The van der Waals surface area contributed by atoms with Crippen LogP contribution in [0.5, 0.6) is 0 Å². The van der Waals surface area contributed by atoms with Crippen molar-refractivity contribution in [3.8, 4) is 0 Å². The molecule has 1 aromatic carbocycles. The van der Waals surface area contributed by atoms with Gasteiger partial charge >= 0.3 is 0 Å². The molecule has 2 rings (SSSR count).